The van der Waals surface area contributed by atoms with Gasteiger partial charge in [-0.1, -0.05) is 163 Å². The Hall–Kier alpha value is -2.97. The van der Waals surface area contributed by atoms with Crippen molar-refractivity contribution in [2.24, 2.45) is 0 Å². The number of ether oxygens (including phenoxy) is 2. The molecule has 0 spiro atoms. The summed E-state index contributed by atoms with van der Waals surface area (Å²) in [6.45, 7) is 3.08. The van der Waals surface area contributed by atoms with Crippen LogP contribution >= 0.6 is 7.82 Å². The molecule has 0 aromatic heterocycles. The van der Waals surface area contributed by atoms with E-state index in [9.17, 15) is 44.6 Å². The van der Waals surface area contributed by atoms with Crippen molar-refractivity contribution >= 4 is 19.8 Å². The molecule has 0 aromatic carbocycles. The molecule has 0 amide bonds. The van der Waals surface area contributed by atoms with E-state index in [4.69, 9.17) is 18.5 Å². The predicted molar refractivity (Wildman–Crippen MR) is 248 cm³/mol. The standard InChI is InChI=1S/C49H81O13P/c1-3-5-7-9-11-13-15-17-19-20-21-22-24-26-28-30-32-34-36-38-43(51)61-41(40-60-63(57,58)62-49-47(55)45(53)44(52)46(54)48(49)56)39-59-42(50)37-35-33-31-29-27-25-23-18-16-14-12-10-8-6-4-2/h5,7,11,13,17,19,21-22,26,28,31-34,41,44-49,52-56H,3-4,6,8-10,12,14-16,18,20,23-25,27,29-30,35-40H2,1-2H3,(H,57,58). The Morgan fingerprint density at radius 1 is 0.508 bits per heavy atom. The molecule has 0 aromatic rings. The smallest absolute Gasteiger partial charge is 0.462 e. The van der Waals surface area contributed by atoms with Crippen LogP contribution < -0.4 is 0 Å². The molecule has 13 nitrogen and oxygen atoms in total. The summed E-state index contributed by atoms with van der Waals surface area (Å²) >= 11 is 0. The van der Waals surface area contributed by atoms with Crippen LogP contribution in [-0.4, -0.2) is 98.3 Å². The number of carbonyl (C=O) groups is 2. The Balaban J connectivity index is 2.54. The molecule has 14 heteroatoms. The van der Waals surface area contributed by atoms with Crippen LogP contribution in [-0.2, 0) is 32.7 Å². The largest absolute Gasteiger partial charge is 0.472 e. The van der Waals surface area contributed by atoms with Gasteiger partial charge >= 0.3 is 19.8 Å². The van der Waals surface area contributed by atoms with Crippen LogP contribution in [0.1, 0.15) is 155 Å². The molecule has 1 saturated carbocycles. The van der Waals surface area contributed by atoms with Crippen LogP contribution in [0.4, 0.5) is 0 Å². The molecule has 0 bridgehead atoms. The number of rotatable bonds is 37. The highest BCUT2D eigenvalue weighted by molar-refractivity contribution is 7.47. The highest BCUT2D eigenvalue weighted by atomic mass is 31.2. The lowest BCUT2D eigenvalue weighted by molar-refractivity contribution is -0.220. The van der Waals surface area contributed by atoms with E-state index in [1.807, 2.05) is 24.3 Å². The van der Waals surface area contributed by atoms with Gasteiger partial charge in [0.1, 0.15) is 43.2 Å². The van der Waals surface area contributed by atoms with E-state index >= 15 is 0 Å². The van der Waals surface area contributed by atoms with E-state index in [1.165, 1.54) is 64.2 Å². The van der Waals surface area contributed by atoms with Gasteiger partial charge < -0.3 is 39.9 Å². The lowest BCUT2D eigenvalue weighted by Gasteiger charge is -2.41. The van der Waals surface area contributed by atoms with Gasteiger partial charge in [-0.05, 0) is 64.2 Å². The first kappa shape index (κ1) is 58.0. The Kier molecular flexibility index (Phi) is 35.3. The zero-order chi connectivity index (χ0) is 46.4. The molecule has 1 aliphatic rings. The molecule has 0 saturated heterocycles. The molecule has 6 N–H and O–H groups in total. The molecule has 63 heavy (non-hydrogen) atoms. The van der Waals surface area contributed by atoms with E-state index in [0.29, 0.717) is 19.3 Å². The minimum absolute atomic E-state index is 0.0393. The zero-order valence-corrected chi connectivity index (χ0v) is 39.0. The van der Waals surface area contributed by atoms with Crippen molar-refractivity contribution in [3.63, 3.8) is 0 Å². The molecule has 1 rings (SSSR count). The number of phosphoric ester groups is 1. The Morgan fingerprint density at radius 3 is 1.40 bits per heavy atom. The SMILES string of the molecule is CCC=CCC=CCC=CCC=CCC=CCC=CCCC(=O)OC(COC(=O)CCC=CCCCCCCCCCCCCC)COP(=O)(O)OC1C(O)C(O)C(O)C(O)C1O. The van der Waals surface area contributed by atoms with Crippen molar-refractivity contribution in [3.8, 4) is 0 Å². The lowest BCUT2D eigenvalue weighted by atomic mass is 9.85. The van der Waals surface area contributed by atoms with Crippen LogP contribution in [0.2, 0.25) is 0 Å². The monoisotopic (exact) mass is 909 g/mol. The number of carbonyl (C=O) groups excluding carboxylic acids is 2. The first-order valence-electron chi connectivity index (χ1n) is 23.4. The number of allylic oxidation sites excluding steroid dienone is 14. The summed E-state index contributed by atoms with van der Waals surface area (Å²) < 4.78 is 33.4. The number of phosphoric acid groups is 1. The van der Waals surface area contributed by atoms with Crippen LogP contribution in [0.3, 0.4) is 0 Å². The van der Waals surface area contributed by atoms with Gasteiger partial charge in [0.15, 0.2) is 6.10 Å². The summed E-state index contributed by atoms with van der Waals surface area (Å²) in [4.78, 5) is 35.6. The van der Waals surface area contributed by atoms with Crippen LogP contribution in [0, 0.1) is 0 Å². The fourth-order valence-corrected chi connectivity index (χ4v) is 7.48. The summed E-state index contributed by atoms with van der Waals surface area (Å²) in [5.74, 6) is -1.26. The topological polar surface area (TPSA) is 210 Å². The molecule has 1 aliphatic carbocycles. The third kappa shape index (κ3) is 30.7. The number of hydrogen-bond acceptors (Lipinski definition) is 12. The lowest BCUT2D eigenvalue weighted by Crippen LogP contribution is -2.64. The maximum atomic E-state index is 12.8. The highest BCUT2D eigenvalue weighted by Gasteiger charge is 2.51. The maximum absolute atomic E-state index is 12.8. The molecule has 0 heterocycles. The summed E-state index contributed by atoms with van der Waals surface area (Å²) in [6.07, 6.45) is 36.6. The third-order valence-corrected chi connectivity index (χ3v) is 11.2. The van der Waals surface area contributed by atoms with Crippen molar-refractivity contribution in [3.05, 3.63) is 85.1 Å². The maximum Gasteiger partial charge on any atom is 0.472 e. The van der Waals surface area contributed by atoms with Crippen LogP contribution in [0.5, 0.6) is 0 Å². The number of esters is 2. The Labute approximate surface area is 378 Å². The number of hydrogen-bond donors (Lipinski definition) is 6. The molecule has 6 unspecified atom stereocenters. The van der Waals surface area contributed by atoms with E-state index in [-0.39, 0.29) is 12.8 Å². The second kappa shape index (κ2) is 38.3. The first-order valence-corrected chi connectivity index (χ1v) is 24.9. The normalized spacial score (nSPS) is 22.5. The minimum atomic E-state index is -5.15. The molecule has 360 valence electrons. The number of aliphatic hydroxyl groups is 5. The van der Waals surface area contributed by atoms with Gasteiger partial charge in [-0.2, -0.15) is 0 Å². The van der Waals surface area contributed by atoms with Crippen molar-refractivity contribution in [2.75, 3.05) is 13.2 Å². The number of aliphatic hydroxyl groups excluding tert-OH is 5. The van der Waals surface area contributed by atoms with Crippen molar-refractivity contribution in [1.29, 1.82) is 0 Å². The van der Waals surface area contributed by atoms with Gasteiger partial charge in [0.25, 0.3) is 0 Å². The van der Waals surface area contributed by atoms with E-state index in [0.717, 1.165) is 44.9 Å². The molecule has 6 atom stereocenters. The average molecular weight is 909 g/mol. The minimum Gasteiger partial charge on any atom is -0.462 e. The van der Waals surface area contributed by atoms with E-state index in [1.54, 1.807) is 0 Å². The summed E-state index contributed by atoms with van der Waals surface area (Å²) in [5.41, 5.74) is 0. The Morgan fingerprint density at radius 2 is 0.905 bits per heavy atom. The van der Waals surface area contributed by atoms with Gasteiger partial charge in [-0.15, -0.1) is 0 Å². The number of unbranched alkanes of at least 4 members (excludes halogenated alkanes) is 11. The summed E-state index contributed by atoms with van der Waals surface area (Å²) in [7, 11) is -5.15. The third-order valence-electron chi connectivity index (χ3n) is 10.2. The second-order valence-corrected chi connectivity index (χ2v) is 17.3. The van der Waals surface area contributed by atoms with E-state index in [2.05, 4.69) is 74.6 Å². The molecule has 0 aliphatic heterocycles. The predicted octanol–water partition coefficient (Wildman–Crippen LogP) is 9.28. The van der Waals surface area contributed by atoms with Gasteiger partial charge in [0, 0.05) is 12.8 Å². The van der Waals surface area contributed by atoms with Gasteiger partial charge in [0.2, 0.25) is 0 Å². The Bertz CT molecular complexity index is 1420. The van der Waals surface area contributed by atoms with E-state index < -0.39 is 75.7 Å². The molecular weight excluding hydrogens is 828 g/mol. The quantitative estimate of drug-likeness (QED) is 0.0149. The summed E-state index contributed by atoms with van der Waals surface area (Å²) in [5, 5.41) is 50.1. The molecular formula is C49H81O13P. The fraction of sp³-hybridized carbons (Fsp3) is 0.673. The average Bonchev–Trinajstić information content (AvgIpc) is 3.26. The van der Waals surface area contributed by atoms with Gasteiger partial charge in [-0.3, -0.25) is 18.6 Å². The van der Waals surface area contributed by atoms with Crippen LogP contribution in [0.25, 0.3) is 0 Å². The van der Waals surface area contributed by atoms with Crippen molar-refractivity contribution in [2.45, 2.75) is 198 Å². The molecule has 0 radical (unpaired) electrons. The fourth-order valence-electron chi connectivity index (χ4n) is 6.51. The highest BCUT2D eigenvalue weighted by Crippen LogP contribution is 2.47. The van der Waals surface area contributed by atoms with Crippen molar-refractivity contribution in [1.82, 2.24) is 0 Å². The molecule has 1 fully saturated rings. The second-order valence-electron chi connectivity index (χ2n) is 15.9. The first-order chi connectivity index (χ1) is 30.4. The summed E-state index contributed by atoms with van der Waals surface area (Å²) in [6, 6.07) is 0. The van der Waals surface area contributed by atoms with Crippen molar-refractivity contribution < 1.29 is 63.1 Å². The van der Waals surface area contributed by atoms with Gasteiger partial charge in [0.05, 0.1) is 6.61 Å². The van der Waals surface area contributed by atoms with Gasteiger partial charge in [-0.25, -0.2) is 4.57 Å². The zero-order valence-electron chi connectivity index (χ0n) is 38.1. The van der Waals surface area contributed by atoms with Crippen LogP contribution in [0.15, 0.2) is 85.1 Å².